The molecular weight excluding hydrogens is 210 g/mol. The molecule has 1 heterocycles. The summed E-state index contributed by atoms with van der Waals surface area (Å²) in [6.45, 7) is 1.82. The van der Waals surface area contributed by atoms with E-state index in [0.29, 0.717) is 4.76 Å². The molecule has 1 rings (SSSR count). The van der Waals surface area contributed by atoms with E-state index in [0.717, 1.165) is 6.20 Å². The number of esters is 1. The average molecular weight is 219 g/mol. The van der Waals surface area contributed by atoms with Crippen molar-refractivity contribution in [2.45, 2.75) is 13.1 Å². The number of nitroso groups, excluding NO2 is 1. The highest BCUT2D eigenvalue weighted by Gasteiger charge is 2.36. The molecule has 0 saturated heterocycles. The van der Waals surface area contributed by atoms with Crippen LogP contribution in [0.3, 0.4) is 0 Å². The number of nitrogens with zero attached hydrogens (tertiary/aromatic N) is 2. The van der Waals surface area contributed by atoms with E-state index in [1.54, 1.807) is 6.92 Å². The van der Waals surface area contributed by atoms with Gasteiger partial charge >= 0.3 is 12.1 Å². The molecule has 6 nitrogen and oxygen atoms in total. The lowest BCUT2D eigenvalue weighted by molar-refractivity contribution is -0.502. The summed E-state index contributed by atoms with van der Waals surface area (Å²) in [6, 6.07) is 0. The molecule has 0 spiro atoms. The summed E-state index contributed by atoms with van der Waals surface area (Å²) < 4.78 is 5.00. The van der Waals surface area contributed by atoms with E-state index in [4.69, 9.17) is 17.3 Å². The summed E-state index contributed by atoms with van der Waals surface area (Å²) in [4.78, 5) is 25.9. The van der Waals surface area contributed by atoms with E-state index < -0.39 is 12.1 Å². The number of rotatable bonds is 2. The minimum Gasteiger partial charge on any atom is -0.461 e. The normalized spacial score (nSPS) is 21.4. The maximum absolute atomic E-state index is 11.2. The number of carbonyl (C=O) groups excluding carboxylic acids is 1. The molecule has 2 N–H and O–H groups in total. The zero-order valence-corrected chi connectivity index (χ0v) is 8.19. The van der Waals surface area contributed by atoms with Gasteiger partial charge in [0.25, 0.3) is 6.20 Å². The minimum absolute atomic E-state index is 0.0928. The van der Waals surface area contributed by atoms with Gasteiger partial charge in [-0.1, -0.05) is 11.6 Å². The van der Waals surface area contributed by atoms with Crippen LogP contribution in [0.5, 0.6) is 0 Å². The maximum Gasteiger partial charge on any atom is 0.361 e. The van der Waals surface area contributed by atoms with Gasteiger partial charge in [-0.2, -0.15) is 0 Å². The van der Waals surface area contributed by atoms with Gasteiger partial charge in [-0.3, -0.25) is 5.73 Å². The van der Waals surface area contributed by atoms with Crippen LogP contribution in [0.4, 0.5) is 0 Å². The summed E-state index contributed by atoms with van der Waals surface area (Å²) in [5.41, 5.74) is 5.21. The van der Waals surface area contributed by atoms with Gasteiger partial charge in [0, 0.05) is 4.91 Å². The first kappa shape index (κ1) is 10.8. The standard InChI is InChI=1S/C7H9ClN3O3/c1-2-14-7(12)5-6(9)11(13)3-4(8)10-5/h3,6H,2,9H2,1H3/q+1. The highest BCUT2D eigenvalue weighted by molar-refractivity contribution is 6.40. The molecule has 76 valence electrons. The summed E-state index contributed by atoms with van der Waals surface area (Å²) in [6.07, 6.45) is -0.161. The number of ether oxygens (including phenoxy) is 1. The first-order chi connectivity index (χ1) is 6.56. The number of carbonyl (C=O) groups is 1. The maximum atomic E-state index is 11.2. The molecule has 14 heavy (non-hydrogen) atoms. The van der Waals surface area contributed by atoms with E-state index in [9.17, 15) is 9.70 Å². The van der Waals surface area contributed by atoms with Gasteiger partial charge in [-0.15, -0.1) is 0 Å². The lowest BCUT2D eigenvalue weighted by atomic mass is 10.3. The van der Waals surface area contributed by atoms with Crippen molar-refractivity contribution in [2.75, 3.05) is 6.61 Å². The third-order valence-corrected chi connectivity index (χ3v) is 1.68. The van der Waals surface area contributed by atoms with Crippen molar-refractivity contribution in [2.24, 2.45) is 10.7 Å². The van der Waals surface area contributed by atoms with E-state index in [1.807, 2.05) is 0 Å². The third-order valence-electron chi connectivity index (χ3n) is 1.50. The van der Waals surface area contributed by atoms with Crippen LogP contribution in [0.15, 0.2) is 16.3 Å². The molecule has 0 aromatic heterocycles. The Labute approximate surface area is 85.0 Å². The Morgan fingerprint density at radius 3 is 3.07 bits per heavy atom. The minimum atomic E-state index is -1.16. The van der Waals surface area contributed by atoms with Crippen LogP contribution < -0.4 is 5.73 Å². The topological polar surface area (TPSA) is 84.8 Å². The molecule has 1 unspecified atom stereocenters. The summed E-state index contributed by atoms with van der Waals surface area (Å²) >= 11 is 5.48. The number of nitrogens with two attached hydrogens (primary N) is 1. The van der Waals surface area contributed by atoms with Crippen molar-refractivity contribution in [3.8, 4) is 0 Å². The van der Waals surface area contributed by atoms with Crippen LogP contribution in [0.2, 0.25) is 0 Å². The third kappa shape index (κ3) is 2.15. The molecule has 0 bridgehead atoms. The fraction of sp³-hybridized carbons (Fsp3) is 0.429. The van der Waals surface area contributed by atoms with Crippen LogP contribution in [-0.2, 0) is 9.53 Å². The number of aliphatic imine (C=N–C) groups is 1. The molecule has 0 amide bonds. The van der Waals surface area contributed by atoms with Crippen molar-refractivity contribution >= 4 is 23.3 Å². The second kappa shape index (κ2) is 4.30. The van der Waals surface area contributed by atoms with Gasteiger partial charge in [-0.25, -0.2) is 9.79 Å². The van der Waals surface area contributed by atoms with Gasteiger partial charge < -0.3 is 4.74 Å². The first-order valence-corrected chi connectivity index (χ1v) is 4.28. The Hall–Kier alpha value is -1.27. The van der Waals surface area contributed by atoms with Gasteiger partial charge in [0.15, 0.2) is 5.16 Å². The van der Waals surface area contributed by atoms with Crippen molar-refractivity contribution in [3.05, 3.63) is 16.3 Å². The Morgan fingerprint density at radius 1 is 1.86 bits per heavy atom. The molecule has 0 saturated carbocycles. The molecule has 1 aliphatic rings. The summed E-state index contributed by atoms with van der Waals surface area (Å²) in [7, 11) is 0. The molecule has 0 aliphatic carbocycles. The highest BCUT2D eigenvalue weighted by atomic mass is 35.5. The number of hydrogen-bond donors (Lipinski definition) is 1. The van der Waals surface area contributed by atoms with E-state index in [2.05, 4.69) is 9.73 Å². The zero-order valence-electron chi connectivity index (χ0n) is 7.44. The monoisotopic (exact) mass is 218 g/mol. The summed E-state index contributed by atoms with van der Waals surface area (Å²) in [5.74, 6) is -0.730. The Balaban J connectivity index is 2.91. The molecule has 0 aromatic rings. The van der Waals surface area contributed by atoms with Crippen LogP contribution in [-0.4, -0.2) is 29.2 Å². The largest absolute Gasteiger partial charge is 0.461 e. The lowest BCUT2D eigenvalue weighted by Gasteiger charge is -2.08. The van der Waals surface area contributed by atoms with E-state index >= 15 is 0 Å². The average Bonchev–Trinajstić information content (AvgIpc) is 2.11. The second-order valence-corrected chi connectivity index (χ2v) is 2.86. The molecule has 0 fully saturated rings. The van der Waals surface area contributed by atoms with Crippen LogP contribution in [0.25, 0.3) is 0 Å². The Kier molecular flexibility index (Phi) is 3.32. The quantitative estimate of drug-likeness (QED) is 0.405. The number of halogens is 1. The van der Waals surface area contributed by atoms with Crippen LogP contribution in [0.1, 0.15) is 6.92 Å². The smallest absolute Gasteiger partial charge is 0.361 e. The Bertz CT molecular complexity index is 337. The second-order valence-electron chi connectivity index (χ2n) is 2.47. The van der Waals surface area contributed by atoms with Gasteiger partial charge in [-0.05, 0) is 6.92 Å². The molecule has 1 aliphatic heterocycles. The Morgan fingerprint density at radius 2 is 2.50 bits per heavy atom. The fourth-order valence-electron chi connectivity index (χ4n) is 0.887. The van der Waals surface area contributed by atoms with Crippen molar-refractivity contribution in [1.29, 1.82) is 0 Å². The van der Waals surface area contributed by atoms with Crippen molar-refractivity contribution in [1.82, 2.24) is 0 Å². The van der Waals surface area contributed by atoms with E-state index in [1.165, 1.54) is 0 Å². The summed E-state index contributed by atoms with van der Waals surface area (Å²) in [5, 5.41) is -0.0928. The van der Waals surface area contributed by atoms with Crippen LogP contribution >= 0.6 is 11.6 Å². The lowest BCUT2D eigenvalue weighted by Crippen LogP contribution is -2.45. The van der Waals surface area contributed by atoms with E-state index in [-0.39, 0.29) is 17.5 Å². The molecule has 0 radical (unpaired) electrons. The van der Waals surface area contributed by atoms with Gasteiger partial charge in [0.1, 0.15) is 0 Å². The SMILES string of the molecule is CCOC(=O)C1=NC(Cl)=C[N+](=O)C1N. The van der Waals surface area contributed by atoms with Crippen molar-refractivity contribution in [3.63, 3.8) is 0 Å². The predicted molar refractivity (Wildman–Crippen MR) is 49.6 cm³/mol. The first-order valence-electron chi connectivity index (χ1n) is 3.90. The molecule has 0 aromatic carbocycles. The van der Waals surface area contributed by atoms with Gasteiger partial charge in [0.05, 0.1) is 11.4 Å². The fourth-order valence-corrected chi connectivity index (χ4v) is 1.07. The number of hydrogen-bond acceptors (Lipinski definition) is 5. The molecular formula is C7H9ClN3O3+. The predicted octanol–water partition coefficient (Wildman–Crippen LogP) is 0.106. The zero-order chi connectivity index (χ0) is 10.7. The molecule has 7 heteroatoms. The highest BCUT2D eigenvalue weighted by Crippen LogP contribution is 2.11. The van der Waals surface area contributed by atoms with Crippen LogP contribution in [0, 0.1) is 4.91 Å². The van der Waals surface area contributed by atoms with Gasteiger partial charge in [0.2, 0.25) is 5.71 Å². The molecule has 1 atom stereocenters. The van der Waals surface area contributed by atoms with Crippen molar-refractivity contribution < 1.29 is 14.3 Å².